The maximum atomic E-state index is 14.1. The van der Waals surface area contributed by atoms with Crippen molar-refractivity contribution >= 4 is 17.4 Å². The highest BCUT2D eigenvalue weighted by Gasteiger charge is 2.23. The number of hydrogen-bond acceptors (Lipinski definition) is 5. The van der Waals surface area contributed by atoms with E-state index >= 15 is 0 Å². The quantitative estimate of drug-likeness (QED) is 0.296. The van der Waals surface area contributed by atoms with Crippen LogP contribution < -0.4 is 15.6 Å². The van der Waals surface area contributed by atoms with E-state index in [1.54, 1.807) is 19.5 Å². The Balaban J connectivity index is 1.67. The number of fused-ring (bicyclic) bond motifs is 1. The van der Waals surface area contributed by atoms with Crippen molar-refractivity contribution in [3.63, 3.8) is 0 Å². The average molecular weight is 475 g/mol. The number of nitrogens with zero attached hydrogens (tertiary/aromatic N) is 3. The Morgan fingerprint density at radius 2 is 1.50 bits per heavy atom. The summed E-state index contributed by atoms with van der Waals surface area (Å²) in [6.45, 7) is 0. The van der Waals surface area contributed by atoms with Gasteiger partial charge < -0.3 is 15.0 Å². The molecule has 0 aliphatic heterocycles. The van der Waals surface area contributed by atoms with Gasteiger partial charge in [-0.2, -0.15) is 4.52 Å². The third-order valence-corrected chi connectivity index (χ3v) is 6.02. The van der Waals surface area contributed by atoms with Crippen molar-refractivity contribution in [2.45, 2.75) is 0 Å². The number of rotatable bonds is 6. The molecule has 6 rings (SSSR count). The van der Waals surface area contributed by atoms with Crippen LogP contribution in [0.1, 0.15) is 0 Å². The minimum atomic E-state index is -0.237. The molecule has 0 unspecified atom stereocenters. The topological polar surface area (TPSA) is 100 Å². The van der Waals surface area contributed by atoms with Gasteiger partial charge in [-0.1, -0.05) is 72.8 Å². The van der Waals surface area contributed by atoms with E-state index in [-0.39, 0.29) is 5.56 Å². The second-order valence-electron chi connectivity index (χ2n) is 8.18. The van der Waals surface area contributed by atoms with Gasteiger partial charge >= 0.3 is 0 Å². The van der Waals surface area contributed by atoms with Crippen molar-refractivity contribution in [2.24, 2.45) is 0 Å². The predicted molar refractivity (Wildman–Crippen MR) is 141 cm³/mol. The molecule has 3 heterocycles. The Hall–Kier alpha value is -5.11. The van der Waals surface area contributed by atoms with Crippen LogP contribution >= 0.6 is 0 Å². The molecule has 0 radical (unpaired) electrons. The maximum Gasteiger partial charge on any atom is 0.282 e. The smallest absolute Gasteiger partial charge is 0.282 e. The third-order valence-electron chi connectivity index (χ3n) is 6.02. The first-order chi connectivity index (χ1) is 17.7. The molecule has 0 saturated heterocycles. The Bertz CT molecular complexity index is 1690. The van der Waals surface area contributed by atoms with Gasteiger partial charge in [0.15, 0.2) is 5.65 Å². The number of aromatic nitrogens is 5. The van der Waals surface area contributed by atoms with Crippen molar-refractivity contribution in [3.8, 4) is 39.3 Å². The van der Waals surface area contributed by atoms with Gasteiger partial charge in [-0.3, -0.25) is 9.89 Å². The molecule has 0 bridgehead atoms. The number of hydrogen-bond donors (Lipinski definition) is 3. The van der Waals surface area contributed by atoms with Crippen molar-refractivity contribution in [1.82, 2.24) is 24.6 Å². The van der Waals surface area contributed by atoms with Gasteiger partial charge in [0.05, 0.1) is 23.9 Å². The number of H-pyrrole nitrogens is 2. The van der Waals surface area contributed by atoms with Crippen molar-refractivity contribution < 1.29 is 4.74 Å². The number of aromatic amines is 2. The number of imidazole rings is 1. The molecule has 0 spiro atoms. The van der Waals surface area contributed by atoms with Crippen LogP contribution in [0.5, 0.6) is 5.75 Å². The molecule has 36 heavy (non-hydrogen) atoms. The highest BCUT2D eigenvalue weighted by Crippen LogP contribution is 2.36. The molecule has 8 heteroatoms. The summed E-state index contributed by atoms with van der Waals surface area (Å²) in [4.78, 5) is 26.3. The monoisotopic (exact) mass is 474 g/mol. The Morgan fingerprint density at radius 1 is 0.833 bits per heavy atom. The number of anilines is 2. The van der Waals surface area contributed by atoms with E-state index in [1.165, 1.54) is 4.52 Å². The molecule has 0 aliphatic rings. The zero-order valence-electron chi connectivity index (χ0n) is 19.4. The molecule has 3 aromatic heterocycles. The van der Waals surface area contributed by atoms with Gasteiger partial charge in [-0.15, -0.1) is 0 Å². The number of benzene rings is 3. The molecular formula is C28H22N6O2. The predicted octanol–water partition coefficient (Wildman–Crippen LogP) is 5.50. The zero-order valence-corrected chi connectivity index (χ0v) is 19.4. The van der Waals surface area contributed by atoms with Gasteiger partial charge in [0.2, 0.25) is 5.95 Å². The molecule has 8 nitrogen and oxygen atoms in total. The second-order valence-corrected chi connectivity index (χ2v) is 8.18. The largest absolute Gasteiger partial charge is 0.497 e. The van der Waals surface area contributed by atoms with Gasteiger partial charge in [0.25, 0.3) is 5.56 Å². The fraction of sp³-hybridized carbons (Fsp3) is 0.0357. The van der Waals surface area contributed by atoms with Gasteiger partial charge in [-0.05, 0) is 23.3 Å². The van der Waals surface area contributed by atoms with Gasteiger partial charge in [0, 0.05) is 18.0 Å². The lowest BCUT2D eigenvalue weighted by Crippen LogP contribution is -2.19. The van der Waals surface area contributed by atoms with Crippen LogP contribution in [0.25, 0.3) is 39.2 Å². The average Bonchev–Trinajstić information content (AvgIpc) is 3.58. The van der Waals surface area contributed by atoms with Crippen LogP contribution in [-0.2, 0) is 0 Å². The number of nitrogens with one attached hydrogen (secondary N) is 3. The molecule has 0 fully saturated rings. The standard InChI is InChI=1S/C28H22N6O2/c1-36-21-14-12-19(13-15-21)23-25(32-28-29-16-17-30-28)31-26-22(18-8-4-2-5-9-18)24(33-34(26)27(23)35)20-10-6-3-7-11-20/h2-17,33H,1H3,(H2,29,30,32). The van der Waals surface area contributed by atoms with Crippen molar-refractivity contribution in [2.75, 3.05) is 12.4 Å². The molecular weight excluding hydrogens is 452 g/mol. The summed E-state index contributed by atoms with van der Waals surface area (Å²) in [7, 11) is 1.61. The van der Waals surface area contributed by atoms with Gasteiger partial charge in [0.1, 0.15) is 11.6 Å². The first-order valence-corrected chi connectivity index (χ1v) is 11.4. The van der Waals surface area contributed by atoms with E-state index in [2.05, 4.69) is 20.4 Å². The van der Waals surface area contributed by atoms with Crippen LogP contribution in [0.4, 0.5) is 11.8 Å². The summed E-state index contributed by atoms with van der Waals surface area (Å²) >= 11 is 0. The van der Waals surface area contributed by atoms with Crippen LogP contribution in [-0.4, -0.2) is 31.7 Å². The van der Waals surface area contributed by atoms with Crippen LogP contribution in [0.2, 0.25) is 0 Å². The van der Waals surface area contributed by atoms with E-state index in [9.17, 15) is 4.79 Å². The Labute approximate surface area is 206 Å². The third kappa shape index (κ3) is 3.70. The van der Waals surface area contributed by atoms with E-state index in [0.717, 1.165) is 22.4 Å². The highest BCUT2D eigenvalue weighted by molar-refractivity contribution is 5.92. The SMILES string of the molecule is COc1ccc(-c2c(Nc3ncc[nH]3)nc3c(-c4ccccc4)c(-c4ccccc4)[nH]n3c2=O)cc1. The van der Waals surface area contributed by atoms with Crippen LogP contribution in [0.15, 0.2) is 102 Å². The Kier molecular flexibility index (Phi) is 5.31. The fourth-order valence-corrected chi connectivity index (χ4v) is 4.32. The van der Waals surface area contributed by atoms with Gasteiger partial charge in [-0.25, -0.2) is 9.97 Å². The number of methoxy groups -OCH3 is 1. The van der Waals surface area contributed by atoms with Crippen molar-refractivity contribution in [3.05, 3.63) is 108 Å². The molecule has 3 aromatic carbocycles. The molecule has 0 saturated carbocycles. The Morgan fingerprint density at radius 3 is 2.14 bits per heavy atom. The fourth-order valence-electron chi connectivity index (χ4n) is 4.32. The summed E-state index contributed by atoms with van der Waals surface area (Å²) in [5, 5.41) is 6.54. The number of ether oxygens (including phenoxy) is 1. The molecule has 6 aromatic rings. The normalized spacial score (nSPS) is 11.0. The van der Waals surface area contributed by atoms with E-state index in [0.29, 0.717) is 34.3 Å². The lowest BCUT2D eigenvalue weighted by Gasteiger charge is -2.11. The summed E-state index contributed by atoms with van der Waals surface area (Å²) in [5.41, 5.74) is 4.93. The van der Waals surface area contributed by atoms with E-state index < -0.39 is 0 Å². The second kappa shape index (κ2) is 8.92. The van der Waals surface area contributed by atoms with E-state index in [4.69, 9.17) is 9.72 Å². The zero-order chi connectivity index (χ0) is 24.5. The molecule has 0 atom stereocenters. The maximum absolute atomic E-state index is 14.1. The van der Waals surface area contributed by atoms with E-state index in [1.807, 2.05) is 84.9 Å². The van der Waals surface area contributed by atoms with Crippen molar-refractivity contribution in [1.29, 1.82) is 0 Å². The summed E-state index contributed by atoms with van der Waals surface area (Å²) in [6.07, 6.45) is 3.35. The molecule has 176 valence electrons. The first-order valence-electron chi connectivity index (χ1n) is 11.4. The first kappa shape index (κ1) is 21.4. The summed E-state index contributed by atoms with van der Waals surface area (Å²) < 4.78 is 6.81. The minimum Gasteiger partial charge on any atom is -0.497 e. The molecule has 0 aliphatic carbocycles. The summed E-state index contributed by atoms with van der Waals surface area (Å²) in [6, 6.07) is 27.2. The summed E-state index contributed by atoms with van der Waals surface area (Å²) in [5.74, 6) is 1.59. The lowest BCUT2D eigenvalue weighted by molar-refractivity contribution is 0.415. The molecule has 0 amide bonds. The highest BCUT2D eigenvalue weighted by atomic mass is 16.5. The van der Waals surface area contributed by atoms with Crippen LogP contribution in [0, 0.1) is 0 Å². The van der Waals surface area contributed by atoms with Crippen LogP contribution in [0.3, 0.4) is 0 Å². The lowest BCUT2D eigenvalue weighted by atomic mass is 10.0. The molecule has 3 N–H and O–H groups in total. The minimum absolute atomic E-state index is 0.237.